The van der Waals surface area contributed by atoms with E-state index in [9.17, 15) is 4.39 Å². The van der Waals surface area contributed by atoms with Gasteiger partial charge < -0.3 is 5.32 Å². The molecule has 0 spiro atoms. The van der Waals surface area contributed by atoms with Gasteiger partial charge in [0.15, 0.2) is 0 Å². The highest BCUT2D eigenvalue weighted by atomic mass is 19.1. The molecular weight excluding hydrogens is 117 g/mol. The van der Waals surface area contributed by atoms with Gasteiger partial charge in [-0.3, -0.25) is 0 Å². The molecule has 1 nitrogen and oxygen atoms in total. The van der Waals surface area contributed by atoms with Crippen molar-refractivity contribution in [1.82, 2.24) is 5.32 Å². The molecule has 1 atom stereocenters. The summed E-state index contributed by atoms with van der Waals surface area (Å²) in [5, 5.41) is 3.04. The molecule has 0 aliphatic carbocycles. The quantitative estimate of drug-likeness (QED) is 0.526. The van der Waals surface area contributed by atoms with Gasteiger partial charge in [-0.1, -0.05) is 12.2 Å². The van der Waals surface area contributed by atoms with Crippen LogP contribution < -0.4 is 5.32 Å². The first-order valence-corrected chi connectivity index (χ1v) is 3.29. The summed E-state index contributed by atoms with van der Waals surface area (Å²) in [6, 6.07) is 0.0931. The van der Waals surface area contributed by atoms with Crippen molar-refractivity contribution in [2.45, 2.75) is 18.9 Å². The number of piperidine rings is 1. The summed E-state index contributed by atoms with van der Waals surface area (Å²) in [5.41, 5.74) is 1.19. The Kier molecular flexibility index (Phi) is 2.22. The predicted molar refractivity (Wildman–Crippen MR) is 36.1 cm³/mol. The summed E-state index contributed by atoms with van der Waals surface area (Å²) in [6.07, 6.45) is 1.90. The highest BCUT2D eigenvalue weighted by molar-refractivity contribution is 5.01. The molecule has 1 N–H and O–H groups in total. The third kappa shape index (κ3) is 1.79. The van der Waals surface area contributed by atoms with Crippen LogP contribution in [0.15, 0.2) is 12.2 Å². The molecule has 1 aliphatic heterocycles. The molecule has 1 aliphatic rings. The summed E-state index contributed by atoms with van der Waals surface area (Å²) < 4.78 is 11.9. The van der Waals surface area contributed by atoms with E-state index in [1.165, 1.54) is 5.57 Å². The lowest BCUT2D eigenvalue weighted by atomic mass is 10.0. The third-order valence-electron chi connectivity index (χ3n) is 1.67. The predicted octanol–water partition coefficient (Wildman–Crippen LogP) is 1.26. The molecule has 0 aromatic heterocycles. The first-order valence-electron chi connectivity index (χ1n) is 3.29. The highest BCUT2D eigenvalue weighted by Crippen LogP contribution is 2.10. The van der Waals surface area contributed by atoms with E-state index in [1.54, 1.807) is 0 Å². The van der Waals surface area contributed by atoms with Crippen LogP contribution in [0.5, 0.6) is 0 Å². The molecule has 0 amide bonds. The monoisotopic (exact) mass is 129 g/mol. The van der Waals surface area contributed by atoms with Crippen molar-refractivity contribution in [2.75, 3.05) is 13.2 Å². The normalized spacial score (nSPS) is 28.6. The second kappa shape index (κ2) is 2.97. The van der Waals surface area contributed by atoms with Gasteiger partial charge in [-0.15, -0.1) is 0 Å². The minimum atomic E-state index is -0.243. The molecule has 0 aromatic rings. The molecule has 1 heterocycles. The lowest BCUT2D eigenvalue weighted by Gasteiger charge is -2.21. The number of halogens is 1. The molecule has 1 unspecified atom stereocenters. The summed E-state index contributed by atoms with van der Waals surface area (Å²) in [4.78, 5) is 0. The summed E-state index contributed by atoms with van der Waals surface area (Å²) in [6.45, 7) is 4.36. The third-order valence-corrected chi connectivity index (χ3v) is 1.67. The molecule has 9 heavy (non-hydrogen) atoms. The van der Waals surface area contributed by atoms with Crippen LogP contribution in [0.25, 0.3) is 0 Å². The van der Waals surface area contributed by atoms with Crippen molar-refractivity contribution in [3.8, 4) is 0 Å². The Morgan fingerprint density at radius 2 is 2.56 bits per heavy atom. The number of hydrogen-bond acceptors (Lipinski definition) is 1. The minimum absolute atomic E-state index is 0.0931. The maximum absolute atomic E-state index is 11.9. The number of hydrogen-bond donors (Lipinski definition) is 1. The summed E-state index contributed by atoms with van der Waals surface area (Å²) in [5.74, 6) is 0. The van der Waals surface area contributed by atoms with E-state index in [4.69, 9.17) is 0 Å². The van der Waals surface area contributed by atoms with E-state index in [2.05, 4.69) is 11.9 Å². The van der Waals surface area contributed by atoms with Crippen LogP contribution in [0, 0.1) is 0 Å². The minimum Gasteiger partial charge on any atom is -0.308 e. The second-order valence-electron chi connectivity index (χ2n) is 2.52. The Morgan fingerprint density at radius 3 is 3.00 bits per heavy atom. The Hall–Kier alpha value is -0.370. The van der Waals surface area contributed by atoms with Gasteiger partial charge in [-0.05, 0) is 12.8 Å². The topological polar surface area (TPSA) is 12.0 Å². The van der Waals surface area contributed by atoms with Gasteiger partial charge in [0, 0.05) is 12.6 Å². The fourth-order valence-corrected chi connectivity index (χ4v) is 0.989. The Morgan fingerprint density at radius 1 is 1.78 bits per heavy atom. The van der Waals surface area contributed by atoms with Crippen molar-refractivity contribution in [2.24, 2.45) is 0 Å². The van der Waals surface area contributed by atoms with Crippen molar-refractivity contribution < 1.29 is 4.39 Å². The van der Waals surface area contributed by atoms with E-state index >= 15 is 0 Å². The molecule has 0 radical (unpaired) electrons. The molecule has 1 fully saturated rings. The van der Waals surface area contributed by atoms with Crippen molar-refractivity contribution in [1.29, 1.82) is 0 Å². The van der Waals surface area contributed by atoms with Crippen LogP contribution >= 0.6 is 0 Å². The second-order valence-corrected chi connectivity index (χ2v) is 2.52. The van der Waals surface area contributed by atoms with E-state index < -0.39 is 0 Å². The van der Waals surface area contributed by atoms with Crippen molar-refractivity contribution >= 4 is 0 Å². The summed E-state index contributed by atoms with van der Waals surface area (Å²) >= 11 is 0. The van der Waals surface area contributed by atoms with Crippen LogP contribution in [0.1, 0.15) is 12.8 Å². The molecule has 0 aromatic carbocycles. The van der Waals surface area contributed by atoms with Gasteiger partial charge >= 0.3 is 0 Å². The fraction of sp³-hybridized carbons (Fsp3) is 0.714. The lowest BCUT2D eigenvalue weighted by molar-refractivity contribution is 0.347. The highest BCUT2D eigenvalue weighted by Gasteiger charge is 2.12. The largest absolute Gasteiger partial charge is 0.308 e. The standard InChI is InChI=1S/C7H12FN/c1-6-2-3-7(4-8)9-5-6/h7,9H,1-5H2. The van der Waals surface area contributed by atoms with Crippen LogP contribution in [0.3, 0.4) is 0 Å². The van der Waals surface area contributed by atoms with E-state index in [0.29, 0.717) is 0 Å². The first kappa shape index (κ1) is 6.75. The van der Waals surface area contributed by atoms with Gasteiger partial charge in [-0.25, -0.2) is 4.39 Å². The first-order chi connectivity index (χ1) is 4.33. The van der Waals surface area contributed by atoms with Crippen LogP contribution in [0.2, 0.25) is 0 Å². The van der Waals surface area contributed by atoms with E-state index in [0.717, 1.165) is 19.4 Å². The number of alkyl halides is 1. The SMILES string of the molecule is C=C1CCC(CF)NC1. The fourth-order valence-electron chi connectivity index (χ4n) is 0.989. The average Bonchev–Trinajstić information content (AvgIpc) is 1.90. The van der Waals surface area contributed by atoms with Gasteiger partial charge in [-0.2, -0.15) is 0 Å². The zero-order chi connectivity index (χ0) is 6.69. The number of rotatable bonds is 1. The van der Waals surface area contributed by atoms with Gasteiger partial charge in [0.05, 0.1) is 0 Å². The van der Waals surface area contributed by atoms with E-state index in [-0.39, 0.29) is 12.7 Å². The molecule has 0 saturated carbocycles. The van der Waals surface area contributed by atoms with Crippen LogP contribution in [0.4, 0.5) is 4.39 Å². The van der Waals surface area contributed by atoms with Crippen LogP contribution in [-0.2, 0) is 0 Å². The Bertz CT molecular complexity index is 101. The average molecular weight is 129 g/mol. The van der Waals surface area contributed by atoms with Gasteiger partial charge in [0.25, 0.3) is 0 Å². The maximum atomic E-state index is 11.9. The lowest BCUT2D eigenvalue weighted by Crippen LogP contribution is -2.36. The molecular formula is C7H12FN. The molecule has 1 rings (SSSR count). The van der Waals surface area contributed by atoms with Crippen molar-refractivity contribution in [3.63, 3.8) is 0 Å². The maximum Gasteiger partial charge on any atom is 0.105 e. The van der Waals surface area contributed by atoms with E-state index in [1.807, 2.05) is 0 Å². The Labute approximate surface area is 54.9 Å². The molecule has 1 saturated heterocycles. The molecule has 0 bridgehead atoms. The van der Waals surface area contributed by atoms with Gasteiger partial charge in [0.1, 0.15) is 6.67 Å². The number of nitrogens with one attached hydrogen (secondary N) is 1. The van der Waals surface area contributed by atoms with Crippen molar-refractivity contribution in [3.05, 3.63) is 12.2 Å². The van der Waals surface area contributed by atoms with Crippen LogP contribution in [-0.4, -0.2) is 19.3 Å². The zero-order valence-corrected chi connectivity index (χ0v) is 5.49. The molecule has 52 valence electrons. The molecule has 2 heteroatoms. The smallest absolute Gasteiger partial charge is 0.105 e. The zero-order valence-electron chi connectivity index (χ0n) is 5.49. The van der Waals surface area contributed by atoms with Gasteiger partial charge in [0.2, 0.25) is 0 Å². The Balaban J connectivity index is 2.26. The summed E-state index contributed by atoms with van der Waals surface area (Å²) in [7, 11) is 0.